The van der Waals surface area contributed by atoms with E-state index in [9.17, 15) is 8.78 Å². The predicted molar refractivity (Wildman–Crippen MR) is 43.7 cm³/mol. The van der Waals surface area contributed by atoms with Crippen molar-refractivity contribution in [2.24, 2.45) is 0 Å². The van der Waals surface area contributed by atoms with Crippen molar-refractivity contribution in [3.63, 3.8) is 0 Å². The third-order valence-electron chi connectivity index (χ3n) is 1.75. The van der Waals surface area contributed by atoms with Gasteiger partial charge in [0.1, 0.15) is 5.52 Å². The minimum Gasteiger partial charge on any atom is -0.435 e. The van der Waals surface area contributed by atoms with Gasteiger partial charge < -0.3 is 4.42 Å². The molecular formula is C9H7F2NO. The van der Waals surface area contributed by atoms with Crippen molar-refractivity contribution in [3.8, 4) is 0 Å². The second-order valence-electron chi connectivity index (χ2n) is 2.82. The maximum atomic E-state index is 12.1. The number of fused-ring (bicyclic) bond motifs is 1. The quantitative estimate of drug-likeness (QED) is 0.679. The van der Waals surface area contributed by atoms with Gasteiger partial charge in [-0.25, -0.2) is 4.98 Å². The number of aryl methyl sites for hydroxylation is 1. The summed E-state index contributed by atoms with van der Waals surface area (Å²) in [6.45, 7) is 1.87. The Hall–Kier alpha value is -1.45. The van der Waals surface area contributed by atoms with Crippen LogP contribution in [0.15, 0.2) is 22.6 Å². The number of hydrogen-bond donors (Lipinski definition) is 0. The van der Waals surface area contributed by atoms with Crippen LogP contribution in [0.5, 0.6) is 0 Å². The monoisotopic (exact) mass is 183 g/mol. The van der Waals surface area contributed by atoms with Crippen LogP contribution in [0, 0.1) is 6.92 Å². The highest BCUT2D eigenvalue weighted by molar-refractivity contribution is 5.73. The molecule has 2 nitrogen and oxygen atoms in total. The highest BCUT2D eigenvalue weighted by Gasteiger charge is 2.14. The minimum atomic E-state index is -2.65. The summed E-state index contributed by atoms with van der Waals surface area (Å²) in [6.07, 6.45) is -2.65. The van der Waals surface area contributed by atoms with Crippen molar-refractivity contribution in [2.45, 2.75) is 13.3 Å². The zero-order chi connectivity index (χ0) is 9.42. The molecule has 1 aromatic carbocycles. The molecule has 0 aliphatic rings. The summed E-state index contributed by atoms with van der Waals surface area (Å²) in [7, 11) is 0. The molecule has 1 aromatic heterocycles. The molecule has 68 valence electrons. The lowest BCUT2D eigenvalue weighted by Crippen LogP contribution is -1.80. The Labute approximate surface area is 73.2 Å². The molecule has 1 heterocycles. The molecule has 0 aliphatic heterocycles. The van der Waals surface area contributed by atoms with Crippen LogP contribution in [0.25, 0.3) is 11.1 Å². The van der Waals surface area contributed by atoms with Gasteiger partial charge in [0.25, 0.3) is 5.89 Å². The van der Waals surface area contributed by atoms with Gasteiger partial charge in [-0.15, -0.1) is 0 Å². The van der Waals surface area contributed by atoms with Gasteiger partial charge in [-0.05, 0) is 24.6 Å². The summed E-state index contributed by atoms with van der Waals surface area (Å²) in [5.41, 5.74) is 1.85. The molecule has 0 atom stereocenters. The fourth-order valence-corrected chi connectivity index (χ4v) is 1.14. The van der Waals surface area contributed by atoms with Crippen LogP contribution in [0.2, 0.25) is 0 Å². The van der Waals surface area contributed by atoms with Crippen LogP contribution in [0.3, 0.4) is 0 Å². The Balaban J connectivity index is 2.62. The number of rotatable bonds is 1. The Bertz CT molecular complexity index is 436. The summed E-state index contributed by atoms with van der Waals surface area (Å²) in [6, 6.07) is 5.16. The molecular weight excluding hydrogens is 176 g/mol. The molecule has 2 rings (SSSR count). The third-order valence-corrected chi connectivity index (χ3v) is 1.75. The van der Waals surface area contributed by atoms with Gasteiger partial charge >= 0.3 is 6.43 Å². The van der Waals surface area contributed by atoms with E-state index < -0.39 is 12.3 Å². The van der Waals surface area contributed by atoms with E-state index in [0.717, 1.165) is 5.56 Å². The molecule has 0 fully saturated rings. The van der Waals surface area contributed by atoms with Crippen LogP contribution >= 0.6 is 0 Å². The smallest absolute Gasteiger partial charge is 0.313 e. The first-order valence-corrected chi connectivity index (χ1v) is 3.82. The summed E-state index contributed by atoms with van der Waals surface area (Å²) >= 11 is 0. The average Bonchev–Trinajstić information content (AvgIpc) is 2.46. The molecule has 0 bridgehead atoms. The molecule has 0 amide bonds. The topological polar surface area (TPSA) is 26.0 Å². The average molecular weight is 183 g/mol. The first-order valence-electron chi connectivity index (χ1n) is 3.82. The normalized spacial score (nSPS) is 11.4. The molecule has 0 saturated carbocycles. The van der Waals surface area contributed by atoms with Crippen molar-refractivity contribution in [2.75, 3.05) is 0 Å². The Morgan fingerprint density at radius 3 is 2.85 bits per heavy atom. The van der Waals surface area contributed by atoms with E-state index >= 15 is 0 Å². The summed E-state index contributed by atoms with van der Waals surface area (Å²) < 4.78 is 29.1. The van der Waals surface area contributed by atoms with Crippen molar-refractivity contribution >= 4 is 11.1 Å². The zero-order valence-corrected chi connectivity index (χ0v) is 6.92. The molecule has 0 saturated heterocycles. The van der Waals surface area contributed by atoms with Crippen LogP contribution in [0.1, 0.15) is 17.9 Å². The molecule has 13 heavy (non-hydrogen) atoms. The second-order valence-corrected chi connectivity index (χ2v) is 2.82. The molecule has 2 aromatic rings. The van der Waals surface area contributed by atoms with Crippen LogP contribution in [0.4, 0.5) is 8.78 Å². The number of alkyl halides is 2. The highest BCUT2D eigenvalue weighted by atomic mass is 19.3. The van der Waals surface area contributed by atoms with Crippen molar-refractivity contribution in [1.82, 2.24) is 4.98 Å². The maximum Gasteiger partial charge on any atom is 0.313 e. The predicted octanol–water partition coefficient (Wildman–Crippen LogP) is 3.07. The largest absolute Gasteiger partial charge is 0.435 e. The molecule has 0 unspecified atom stereocenters. The Kier molecular flexibility index (Phi) is 1.76. The molecule has 0 radical (unpaired) electrons. The number of hydrogen-bond acceptors (Lipinski definition) is 2. The van der Waals surface area contributed by atoms with E-state index in [0.29, 0.717) is 11.1 Å². The lowest BCUT2D eigenvalue weighted by atomic mass is 10.2. The van der Waals surface area contributed by atoms with Crippen LogP contribution < -0.4 is 0 Å². The van der Waals surface area contributed by atoms with Gasteiger partial charge in [0.2, 0.25) is 0 Å². The van der Waals surface area contributed by atoms with Crippen molar-refractivity contribution < 1.29 is 13.2 Å². The first kappa shape index (κ1) is 8.16. The fraction of sp³-hybridized carbons (Fsp3) is 0.222. The number of benzene rings is 1. The number of halogens is 2. The van der Waals surface area contributed by atoms with Gasteiger partial charge in [-0.3, -0.25) is 0 Å². The Morgan fingerprint density at radius 1 is 1.38 bits per heavy atom. The fourth-order valence-electron chi connectivity index (χ4n) is 1.14. The molecule has 0 spiro atoms. The van der Waals surface area contributed by atoms with Crippen molar-refractivity contribution in [3.05, 3.63) is 29.7 Å². The molecule has 0 aliphatic carbocycles. The third kappa shape index (κ3) is 1.39. The lowest BCUT2D eigenvalue weighted by Gasteiger charge is -1.88. The summed E-state index contributed by atoms with van der Waals surface area (Å²) in [5.74, 6) is -0.513. The number of nitrogens with zero attached hydrogens (tertiary/aromatic N) is 1. The maximum absolute atomic E-state index is 12.1. The zero-order valence-electron chi connectivity index (χ0n) is 6.92. The van der Waals surface area contributed by atoms with Gasteiger partial charge in [0.15, 0.2) is 5.58 Å². The van der Waals surface area contributed by atoms with E-state index in [4.69, 9.17) is 4.42 Å². The minimum absolute atomic E-state index is 0.412. The van der Waals surface area contributed by atoms with E-state index in [-0.39, 0.29) is 0 Å². The highest BCUT2D eigenvalue weighted by Crippen LogP contribution is 2.23. The standard InChI is InChI=1S/C9H7F2NO/c1-5-2-3-6-7(4-5)13-9(12-6)8(10)11/h2-4,8H,1H3. The molecule has 0 N–H and O–H groups in total. The first-order chi connectivity index (χ1) is 6.16. The van der Waals surface area contributed by atoms with Crippen LogP contribution in [-0.2, 0) is 0 Å². The van der Waals surface area contributed by atoms with E-state index in [1.165, 1.54) is 0 Å². The van der Waals surface area contributed by atoms with E-state index in [1.54, 1.807) is 18.2 Å². The van der Waals surface area contributed by atoms with Crippen LogP contribution in [-0.4, -0.2) is 4.98 Å². The van der Waals surface area contributed by atoms with E-state index in [1.807, 2.05) is 6.92 Å². The van der Waals surface area contributed by atoms with Crippen molar-refractivity contribution in [1.29, 1.82) is 0 Å². The number of aromatic nitrogens is 1. The van der Waals surface area contributed by atoms with E-state index in [2.05, 4.69) is 4.98 Å². The SMILES string of the molecule is Cc1ccc2nc(C(F)F)oc2c1. The molecule has 4 heteroatoms. The number of oxazole rings is 1. The van der Waals surface area contributed by atoms with Gasteiger partial charge in [0.05, 0.1) is 0 Å². The van der Waals surface area contributed by atoms with Gasteiger partial charge in [-0.2, -0.15) is 8.78 Å². The lowest BCUT2D eigenvalue weighted by molar-refractivity contribution is 0.117. The second kappa shape index (κ2) is 2.80. The Morgan fingerprint density at radius 2 is 2.15 bits per heavy atom. The van der Waals surface area contributed by atoms with Gasteiger partial charge in [-0.1, -0.05) is 6.07 Å². The summed E-state index contributed by atoms with van der Waals surface area (Å²) in [5, 5.41) is 0. The van der Waals surface area contributed by atoms with Gasteiger partial charge in [0, 0.05) is 0 Å². The summed E-state index contributed by atoms with van der Waals surface area (Å²) in [4.78, 5) is 3.64.